The average molecular weight is 424 g/mol. The first-order valence-corrected chi connectivity index (χ1v) is 8.12. The third-order valence-electron chi connectivity index (χ3n) is 3.39. The van der Waals surface area contributed by atoms with E-state index in [0.717, 1.165) is 21.3 Å². The van der Waals surface area contributed by atoms with Crippen LogP contribution in [0.3, 0.4) is 0 Å². The number of pyridine rings is 1. The van der Waals surface area contributed by atoms with Gasteiger partial charge in [-0.2, -0.15) is 0 Å². The molecule has 0 saturated carbocycles. The van der Waals surface area contributed by atoms with E-state index in [1.807, 2.05) is 48.0 Å². The number of esters is 1. The predicted molar refractivity (Wildman–Crippen MR) is 92.1 cm³/mol. The standard InChI is InChI=1S/C16H12Br2N2O2/c1-9-7-20-8-12(10-4-3-5-11(17)6-10)19-15(20)14(18)13(9)16(21)22-2/h3-8H,1-2H3. The van der Waals surface area contributed by atoms with Crippen molar-refractivity contribution < 1.29 is 9.53 Å². The van der Waals surface area contributed by atoms with Gasteiger partial charge >= 0.3 is 5.97 Å². The number of ether oxygens (including phenoxy) is 1. The van der Waals surface area contributed by atoms with Crippen LogP contribution in [-0.2, 0) is 4.74 Å². The molecule has 4 nitrogen and oxygen atoms in total. The van der Waals surface area contributed by atoms with Crippen LogP contribution in [0.2, 0.25) is 0 Å². The van der Waals surface area contributed by atoms with Crippen molar-refractivity contribution in [2.45, 2.75) is 6.92 Å². The van der Waals surface area contributed by atoms with Crippen LogP contribution in [-0.4, -0.2) is 22.5 Å². The SMILES string of the molecule is COC(=O)c1c(C)cn2cc(-c3cccc(Br)c3)nc2c1Br. The number of halogens is 2. The maximum Gasteiger partial charge on any atom is 0.339 e. The van der Waals surface area contributed by atoms with Gasteiger partial charge in [0.2, 0.25) is 0 Å². The first kappa shape index (κ1) is 15.2. The number of nitrogens with zero attached hydrogens (tertiary/aromatic N) is 2. The van der Waals surface area contributed by atoms with E-state index in [-0.39, 0.29) is 5.97 Å². The Balaban J connectivity index is 2.22. The van der Waals surface area contributed by atoms with Gasteiger partial charge in [0.1, 0.15) is 0 Å². The highest BCUT2D eigenvalue weighted by molar-refractivity contribution is 9.11. The molecule has 112 valence electrons. The summed E-state index contributed by atoms with van der Waals surface area (Å²) < 4.78 is 8.38. The second-order valence-corrected chi connectivity index (χ2v) is 6.57. The van der Waals surface area contributed by atoms with Gasteiger partial charge < -0.3 is 9.14 Å². The molecular formula is C16H12Br2N2O2. The molecule has 0 atom stereocenters. The Morgan fingerprint density at radius 2 is 2.05 bits per heavy atom. The van der Waals surface area contributed by atoms with Crippen LogP contribution in [0.25, 0.3) is 16.9 Å². The summed E-state index contributed by atoms with van der Waals surface area (Å²) >= 11 is 6.95. The molecule has 3 aromatic rings. The lowest BCUT2D eigenvalue weighted by molar-refractivity contribution is 0.0599. The van der Waals surface area contributed by atoms with E-state index in [1.165, 1.54) is 7.11 Å². The van der Waals surface area contributed by atoms with Crippen molar-refractivity contribution in [3.8, 4) is 11.3 Å². The molecule has 0 aliphatic rings. The zero-order valence-corrected chi connectivity index (χ0v) is 15.1. The van der Waals surface area contributed by atoms with Crippen LogP contribution >= 0.6 is 31.9 Å². The number of carbonyl (C=O) groups is 1. The molecule has 0 saturated heterocycles. The summed E-state index contributed by atoms with van der Waals surface area (Å²) in [7, 11) is 1.37. The van der Waals surface area contributed by atoms with E-state index < -0.39 is 0 Å². The van der Waals surface area contributed by atoms with Gasteiger partial charge in [0.25, 0.3) is 0 Å². The molecule has 3 rings (SSSR count). The molecule has 2 heterocycles. The van der Waals surface area contributed by atoms with Crippen molar-refractivity contribution in [2.24, 2.45) is 0 Å². The zero-order valence-electron chi connectivity index (χ0n) is 11.9. The molecule has 0 aliphatic heterocycles. The number of aromatic nitrogens is 2. The number of imidazole rings is 1. The molecule has 0 amide bonds. The Bertz CT molecular complexity index is 887. The fourth-order valence-electron chi connectivity index (χ4n) is 2.35. The Labute approximate surface area is 144 Å². The Hall–Kier alpha value is -1.66. The minimum absolute atomic E-state index is 0.376. The van der Waals surface area contributed by atoms with E-state index in [2.05, 4.69) is 36.8 Å². The third-order valence-corrected chi connectivity index (χ3v) is 4.63. The van der Waals surface area contributed by atoms with E-state index in [9.17, 15) is 4.79 Å². The van der Waals surface area contributed by atoms with Crippen molar-refractivity contribution in [1.29, 1.82) is 0 Å². The van der Waals surface area contributed by atoms with Gasteiger partial charge in [0.05, 0.1) is 22.8 Å². The lowest BCUT2D eigenvalue weighted by Gasteiger charge is -2.07. The van der Waals surface area contributed by atoms with Crippen LogP contribution in [0.4, 0.5) is 0 Å². The van der Waals surface area contributed by atoms with Crippen molar-refractivity contribution in [3.05, 3.63) is 56.7 Å². The zero-order chi connectivity index (χ0) is 15.9. The second kappa shape index (κ2) is 5.85. The number of fused-ring (bicyclic) bond motifs is 1. The van der Waals surface area contributed by atoms with Crippen LogP contribution in [0.5, 0.6) is 0 Å². The molecule has 2 aromatic heterocycles. The number of rotatable bonds is 2. The van der Waals surface area contributed by atoms with Crippen molar-refractivity contribution in [2.75, 3.05) is 7.11 Å². The molecule has 0 bridgehead atoms. The van der Waals surface area contributed by atoms with E-state index in [0.29, 0.717) is 15.7 Å². The first-order valence-electron chi connectivity index (χ1n) is 6.53. The van der Waals surface area contributed by atoms with Gasteiger partial charge in [-0.15, -0.1) is 0 Å². The van der Waals surface area contributed by atoms with E-state index in [1.54, 1.807) is 0 Å². The number of benzene rings is 1. The highest BCUT2D eigenvalue weighted by Crippen LogP contribution is 2.29. The minimum Gasteiger partial charge on any atom is -0.465 e. The third kappa shape index (κ3) is 2.57. The minimum atomic E-state index is -0.376. The quantitative estimate of drug-likeness (QED) is 0.564. The van der Waals surface area contributed by atoms with Crippen LogP contribution in [0, 0.1) is 6.92 Å². The lowest BCUT2D eigenvalue weighted by atomic mass is 10.1. The van der Waals surface area contributed by atoms with Gasteiger partial charge in [-0.25, -0.2) is 9.78 Å². The number of carbonyl (C=O) groups excluding carboxylic acids is 1. The lowest BCUT2D eigenvalue weighted by Crippen LogP contribution is -2.07. The smallest absolute Gasteiger partial charge is 0.339 e. The van der Waals surface area contributed by atoms with Crippen molar-refractivity contribution >= 4 is 43.5 Å². The van der Waals surface area contributed by atoms with Crippen LogP contribution in [0.1, 0.15) is 15.9 Å². The number of aryl methyl sites for hydroxylation is 1. The molecule has 0 spiro atoms. The van der Waals surface area contributed by atoms with Gasteiger partial charge in [-0.1, -0.05) is 28.1 Å². The molecular weight excluding hydrogens is 412 g/mol. The Morgan fingerprint density at radius 3 is 2.73 bits per heavy atom. The van der Waals surface area contributed by atoms with Crippen molar-refractivity contribution in [3.63, 3.8) is 0 Å². The number of hydrogen-bond acceptors (Lipinski definition) is 3. The number of methoxy groups -OCH3 is 1. The summed E-state index contributed by atoms with van der Waals surface area (Å²) in [5, 5.41) is 0. The summed E-state index contributed by atoms with van der Waals surface area (Å²) in [4.78, 5) is 16.6. The maximum absolute atomic E-state index is 11.9. The summed E-state index contributed by atoms with van der Waals surface area (Å²) in [6.07, 6.45) is 3.82. The van der Waals surface area contributed by atoms with E-state index in [4.69, 9.17) is 4.74 Å². The maximum atomic E-state index is 11.9. The van der Waals surface area contributed by atoms with Gasteiger partial charge in [0, 0.05) is 22.4 Å². The van der Waals surface area contributed by atoms with Gasteiger partial charge in [0.15, 0.2) is 5.65 Å². The normalized spacial score (nSPS) is 10.9. The molecule has 1 aromatic carbocycles. The van der Waals surface area contributed by atoms with Crippen LogP contribution < -0.4 is 0 Å². The summed E-state index contributed by atoms with van der Waals surface area (Å²) in [5.74, 6) is -0.376. The summed E-state index contributed by atoms with van der Waals surface area (Å²) in [6.45, 7) is 1.87. The highest BCUT2D eigenvalue weighted by atomic mass is 79.9. The highest BCUT2D eigenvalue weighted by Gasteiger charge is 2.19. The predicted octanol–water partition coefficient (Wildman–Crippen LogP) is 4.62. The largest absolute Gasteiger partial charge is 0.465 e. The second-order valence-electron chi connectivity index (χ2n) is 4.86. The molecule has 6 heteroatoms. The molecule has 0 aliphatic carbocycles. The fourth-order valence-corrected chi connectivity index (χ4v) is 3.52. The van der Waals surface area contributed by atoms with E-state index >= 15 is 0 Å². The fraction of sp³-hybridized carbons (Fsp3) is 0.125. The molecule has 0 fully saturated rings. The van der Waals surface area contributed by atoms with Crippen LogP contribution in [0.15, 0.2) is 45.6 Å². The summed E-state index contributed by atoms with van der Waals surface area (Å²) in [6, 6.07) is 7.93. The molecule has 0 N–H and O–H groups in total. The molecule has 22 heavy (non-hydrogen) atoms. The van der Waals surface area contributed by atoms with Crippen molar-refractivity contribution in [1.82, 2.24) is 9.38 Å². The van der Waals surface area contributed by atoms with Gasteiger partial charge in [-0.05, 0) is 40.5 Å². The Kier molecular flexibility index (Phi) is 4.06. The monoisotopic (exact) mass is 422 g/mol. The Morgan fingerprint density at radius 1 is 1.27 bits per heavy atom. The van der Waals surface area contributed by atoms with Gasteiger partial charge in [-0.3, -0.25) is 0 Å². The first-order chi connectivity index (χ1) is 10.5. The molecule has 0 radical (unpaired) electrons. The number of hydrogen-bond donors (Lipinski definition) is 0. The molecule has 0 unspecified atom stereocenters. The average Bonchev–Trinajstić information content (AvgIpc) is 2.91. The summed E-state index contributed by atoms with van der Waals surface area (Å²) in [5.41, 5.74) is 3.84. The topological polar surface area (TPSA) is 43.6 Å².